The second-order valence-electron chi connectivity index (χ2n) is 6.28. The number of carbonyl (C=O) groups is 4. The third kappa shape index (κ3) is 3.75. The summed E-state index contributed by atoms with van der Waals surface area (Å²) in [7, 11) is 0. The molecule has 1 N–H and O–H groups in total. The highest BCUT2D eigenvalue weighted by atomic mass is 35.5. The molecule has 0 spiro atoms. The van der Waals surface area contributed by atoms with Crippen LogP contribution in [0.25, 0.3) is 0 Å². The van der Waals surface area contributed by atoms with Crippen molar-refractivity contribution in [1.29, 1.82) is 0 Å². The Morgan fingerprint density at radius 2 is 1.50 bits per heavy atom. The minimum absolute atomic E-state index is 0.237. The predicted molar refractivity (Wildman–Crippen MR) is 102 cm³/mol. The third-order valence-corrected chi connectivity index (χ3v) is 4.58. The van der Waals surface area contributed by atoms with E-state index < -0.39 is 35.8 Å². The van der Waals surface area contributed by atoms with Gasteiger partial charge in [0.25, 0.3) is 17.7 Å². The van der Waals surface area contributed by atoms with Crippen LogP contribution in [-0.2, 0) is 14.3 Å². The molecule has 0 bridgehead atoms. The van der Waals surface area contributed by atoms with E-state index in [1.165, 1.54) is 26.0 Å². The number of nitrogens with one attached hydrogen (secondary N) is 1. The largest absolute Gasteiger partial charge is 0.451 e. The van der Waals surface area contributed by atoms with E-state index in [0.29, 0.717) is 10.7 Å². The van der Waals surface area contributed by atoms with Crippen LogP contribution in [0.15, 0.2) is 48.5 Å². The van der Waals surface area contributed by atoms with Crippen LogP contribution in [0.2, 0.25) is 5.02 Å². The van der Waals surface area contributed by atoms with Crippen molar-refractivity contribution in [3.8, 4) is 0 Å². The number of anilines is 1. The van der Waals surface area contributed by atoms with Crippen LogP contribution in [0.5, 0.6) is 0 Å². The van der Waals surface area contributed by atoms with Gasteiger partial charge in [-0.1, -0.05) is 23.7 Å². The number of carbonyl (C=O) groups excluding carboxylic acids is 4. The van der Waals surface area contributed by atoms with E-state index in [1.807, 2.05) is 0 Å². The number of imide groups is 1. The van der Waals surface area contributed by atoms with E-state index >= 15 is 0 Å². The van der Waals surface area contributed by atoms with Gasteiger partial charge in [0, 0.05) is 10.7 Å². The van der Waals surface area contributed by atoms with Crippen molar-refractivity contribution in [1.82, 2.24) is 4.90 Å². The molecule has 0 saturated heterocycles. The Bertz CT molecular complexity index is 922. The van der Waals surface area contributed by atoms with Gasteiger partial charge in [-0.3, -0.25) is 19.3 Å². The molecule has 0 unspecified atom stereocenters. The van der Waals surface area contributed by atoms with Crippen LogP contribution in [0.3, 0.4) is 0 Å². The minimum atomic E-state index is -1.17. The standard InChI is InChI=1S/C20H17ClN2O5/c1-11(23-18(25)15-5-3-4-6-16(15)19(23)26)20(27)28-12(2)17(24)22-14-9-7-13(21)8-10-14/h3-12H,1-2H3,(H,22,24)/t11-,12+/m0/s1. The molecular formula is C20H17ClN2O5. The summed E-state index contributed by atoms with van der Waals surface area (Å²) >= 11 is 5.79. The van der Waals surface area contributed by atoms with Crippen LogP contribution >= 0.6 is 11.6 Å². The Labute approximate surface area is 166 Å². The van der Waals surface area contributed by atoms with Gasteiger partial charge in [0.05, 0.1) is 11.1 Å². The number of ether oxygens (including phenoxy) is 1. The lowest BCUT2D eigenvalue weighted by Crippen LogP contribution is -2.45. The Balaban J connectivity index is 1.64. The maximum atomic E-state index is 12.4. The average molecular weight is 401 g/mol. The lowest BCUT2D eigenvalue weighted by Gasteiger charge is -2.22. The van der Waals surface area contributed by atoms with Crippen molar-refractivity contribution in [2.24, 2.45) is 0 Å². The SMILES string of the molecule is C[C@@H](OC(=O)[C@H](C)N1C(=O)c2ccccc2C1=O)C(=O)Nc1ccc(Cl)cc1. The van der Waals surface area contributed by atoms with E-state index in [-0.39, 0.29) is 11.1 Å². The number of halogens is 1. The molecule has 0 radical (unpaired) electrons. The van der Waals surface area contributed by atoms with Crippen molar-refractivity contribution in [3.05, 3.63) is 64.7 Å². The molecule has 2 aromatic rings. The lowest BCUT2D eigenvalue weighted by atomic mass is 10.1. The van der Waals surface area contributed by atoms with Crippen molar-refractivity contribution in [2.45, 2.75) is 26.0 Å². The van der Waals surface area contributed by atoms with Crippen LogP contribution < -0.4 is 5.32 Å². The first kappa shape index (κ1) is 19.6. The van der Waals surface area contributed by atoms with Gasteiger partial charge in [0.1, 0.15) is 6.04 Å². The second kappa shape index (κ2) is 7.82. The summed E-state index contributed by atoms with van der Waals surface area (Å²) in [5.41, 5.74) is 0.965. The highest BCUT2D eigenvalue weighted by molar-refractivity contribution is 6.30. The fraction of sp³-hybridized carbons (Fsp3) is 0.200. The van der Waals surface area contributed by atoms with Gasteiger partial charge < -0.3 is 10.1 Å². The van der Waals surface area contributed by atoms with E-state index in [1.54, 1.807) is 36.4 Å². The molecule has 7 nitrogen and oxygen atoms in total. The first-order valence-corrected chi connectivity index (χ1v) is 8.91. The fourth-order valence-electron chi connectivity index (χ4n) is 2.77. The Kier molecular flexibility index (Phi) is 5.46. The summed E-state index contributed by atoms with van der Waals surface area (Å²) in [5, 5.41) is 3.11. The van der Waals surface area contributed by atoms with Gasteiger partial charge >= 0.3 is 5.97 Å². The smallest absolute Gasteiger partial charge is 0.329 e. The molecule has 3 amide bonds. The van der Waals surface area contributed by atoms with Gasteiger partial charge in [0.15, 0.2) is 6.10 Å². The maximum Gasteiger partial charge on any atom is 0.329 e. The quantitative estimate of drug-likeness (QED) is 0.615. The lowest BCUT2D eigenvalue weighted by molar-refractivity contribution is -0.156. The van der Waals surface area contributed by atoms with Gasteiger partial charge in [-0.25, -0.2) is 4.79 Å². The maximum absolute atomic E-state index is 12.4. The molecule has 144 valence electrons. The van der Waals surface area contributed by atoms with Crippen LogP contribution in [-0.4, -0.2) is 40.7 Å². The fourth-order valence-corrected chi connectivity index (χ4v) is 2.89. The summed E-state index contributed by atoms with van der Waals surface area (Å²) in [5.74, 6) is -2.54. The van der Waals surface area contributed by atoms with Gasteiger partial charge in [-0.05, 0) is 50.2 Å². The molecule has 28 heavy (non-hydrogen) atoms. The summed E-state index contributed by atoms with van der Waals surface area (Å²) in [6.07, 6.45) is -1.12. The number of nitrogens with zero attached hydrogens (tertiary/aromatic N) is 1. The van der Waals surface area contributed by atoms with Crippen LogP contribution in [0.1, 0.15) is 34.6 Å². The topological polar surface area (TPSA) is 92.8 Å². The molecule has 0 saturated carbocycles. The number of hydrogen-bond donors (Lipinski definition) is 1. The Morgan fingerprint density at radius 1 is 0.964 bits per heavy atom. The number of esters is 1. The number of hydrogen-bond acceptors (Lipinski definition) is 5. The molecule has 8 heteroatoms. The molecule has 0 aliphatic carbocycles. The van der Waals surface area contributed by atoms with Crippen molar-refractivity contribution < 1.29 is 23.9 Å². The molecule has 0 fully saturated rings. The van der Waals surface area contributed by atoms with Crippen molar-refractivity contribution in [3.63, 3.8) is 0 Å². The Morgan fingerprint density at radius 3 is 2.04 bits per heavy atom. The number of rotatable bonds is 5. The molecule has 2 atom stereocenters. The molecular weight excluding hydrogens is 384 g/mol. The van der Waals surface area contributed by atoms with Crippen molar-refractivity contribution in [2.75, 3.05) is 5.32 Å². The van der Waals surface area contributed by atoms with Gasteiger partial charge in [-0.15, -0.1) is 0 Å². The first-order valence-electron chi connectivity index (χ1n) is 8.53. The number of amides is 3. The zero-order chi connectivity index (χ0) is 20.4. The van der Waals surface area contributed by atoms with Gasteiger partial charge in [0.2, 0.25) is 0 Å². The minimum Gasteiger partial charge on any atom is -0.451 e. The van der Waals surface area contributed by atoms with Gasteiger partial charge in [-0.2, -0.15) is 0 Å². The van der Waals surface area contributed by atoms with Crippen molar-refractivity contribution >= 4 is 41.0 Å². The zero-order valence-electron chi connectivity index (χ0n) is 15.1. The zero-order valence-corrected chi connectivity index (χ0v) is 15.9. The van der Waals surface area contributed by atoms with Crippen LogP contribution in [0.4, 0.5) is 5.69 Å². The first-order chi connectivity index (χ1) is 13.3. The summed E-state index contributed by atoms with van der Waals surface area (Å²) < 4.78 is 5.15. The van der Waals surface area contributed by atoms with E-state index in [2.05, 4.69) is 5.32 Å². The number of fused-ring (bicyclic) bond motifs is 1. The van der Waals surface area contributed by atoms with Crippen LogP contribution in [0, 0.1) is 0 Å². The highest BCUT2D eigenvalue weighted by Crippen LogP contribution is 2.25. The molecule has 1 aliphatic rings. The molecule has 2 aromatic carbocycles. The second-order valence-corrected chi connectivity index (χ2v) is 6.71. The molecule has 1 aliphatic heterocycles. The molecule has 0 aromatic heterocycles. The summed E-state index contributed by atoms with van der Waals surface area (Å²) in [6, 6.07) is 11.6. The molecule has 3 rings (SSSR count). The third-order valence-electron chi connectivity index (χ3n) is 4.33. The highest BCUT2D eigenvalue weighted by Gasteiger charge is 2.41. The molecule has 1 heterocycles. The van der Waals surface area contributed by atoms with E-state index in [9.17, 15) is 19.2 Å². The average Bonchev–Trinajstić information content (AvgIpc) is 2.93. The monoisotopic (exact) mass is 400 g/mol. The predicted octanol–water partition coefficient (Wildman–Crippen LogP) is 2.89. The Hall–Kier alpha value is -3.19. The summed E-state index contributed by atoms with van der Waals surface area (Å²) in [4.78, 5) is 50.4. The van der Waals surface area contributed by atoms with E-state index in [4.69, 9.17) is 16.3 Å². The number of benzene rings is 2. The summed E-state index contributed by atoms with van der Waals surface area (Å²) in [6.45, 7) is 2.78. The normalized spacial score (nSPS) is 15.0. The van der Waals surface area contributed by atoms with E-state index in [0.717, 1.165) is 4.90 Å².